The van der Waals surface area contributed by atoms with E-state index in [1.165, 1.54) is 115 Å². The van der Waals surface area contributed by atoms with Crippen molar-refractivity contribution in [3.63, 3.8) is 0 Å². The normalized spacial score (nSPS) is 10.9. The maximum Gasteiger partial charge on any atom is 0.343 e. The van der Waals surface area contributed by atoms with Gasteiger partial charge in [0.05, 0.1) is 36.5 Å². The molecule has 9 heteroatoms. The summed E-state index contributed by atoms with van der Waals surface area (Å²) in [5.41, 5.74) is 0.883. The van der Waals surface area contributed by atoms with E-state index >= 15 is 0 Å². The van der Waals surface area contributed by atoms with Crippen LogP contribution in [0, 0.1) is 0 Å². The molecule has 0 amide bonds. The fraction of sp³-hybridized carbons (Fsp3) is 0.500. The van der Waals surface area contributed by atoms with Crippen LogP contribution in [0.2, 0.25) is 0 Å². The Morgan fingerprint density at radius 2 is 0.524 bits per heavy atom. The van der Waals surface area contributed by atoms with Crippen molar-refractivity contribution in [3.05, 3.63) is 108 Å². The first kappa shape index (κ1) is 50.3. The average molecular weight is 865 g/mol. The van der Waals surface area contributed by atoms with Crippen LogP contribution in [-0.2, 0) is 0 Å². The number of hydrogen-bond donors (Lipinski definition) is 0. The largest absolute Gasteiger partial charge is 0.494 e. The second-order valence-corrected chi connectivity index (χ2v) is 16.3. The summed E-state index contributed by atoms with van der Waals surface area (Å²) in [5, 5.41) is 0. The summed E-state index contributed by atoms with van der Waals surface area (Å²) in [4.78, 5) is 40.0. The number of hydrogen-bond acceptors (Lipinski definition) is 9. The van der Waals surface area contributed by atoms with Gasteiger partial charge in [-0.2, -0.15) is 0 Å². The lowest BCUT2D eigenvalue weighted by Gasteiger charge is -2.12. The lowest BCUT2D eigenvalue weighted by molar-refractivity contribution is 0.0730. The van der Waals surface area contributed by atoms with Crippen LogP contribution in [-0.4, -0.2) is 37.7 Å². The third-order valence-corrected chi connectivity index (χ3v) is 10.8. The zero-order chi connectivity index (χ0) is 44.7. The molecule has 0 atom stereocenters. The van der Waals surface area contributed by atoms with E-state index in [1.807, 2.05) is 0 Å². The molecule has 0 bridgehead atoms. The molecule has 0 heterocycles. The predicted octanol–water partition coefficient (Wildman–Crippen LogP) is 14.7. The first-order chi connectivity index (χ1) is 30.9. The van der Waals surface area contributed by atoms with Gasteiger partial charge in [-0.3, -0.25) is 0 Å². The van der Waals surface area contributed by atoms with Crippen molar-refractivity contribution in [1.29, 1.82) is 0 Å². The molecule has 0 aliphatic rings. The number of benzene rings is 4. The maximum absolute atomic E-state index is 13.3. The van der Waals surface area contributed by atoms with E-state index in [0.717, 1.165) is 38.5 Å². The van der Waals surface area contributed by atoms with Gasteiger partial charge in [-0.05, 0) is 92.1 Å². The second kappa shape index (κ2) is 30.7. The zero-order valence-corrected chi connectivity index (χ0v) is 38.3. The zero-order valence-electron chi connectivity index (χ0n) is 38.3. The molecule has 0 N–H and O–H groups in total. The highest BCUT2D eigenvalue weighted by Crippen LogP contribution is 2.31. The molecular weight excluding hydrogens is 793 g/mol. The van der Waals surface area contributed by atoms with Crippen LogP contribution >= 0.6 is 0 Å². The van der Waals surface area contributed by atoms with Gasteiger partial charge >= 0.3 is 17.9 Å². The molecule has 0 aliphatic carbocycles. The molecule has 63 heavy (non-hydrogen) atoms. The highest BCUT2D eigenvalue weighted by molar-refractivity contribution is 5.93. The Kier molecular flexibility index (Phi) is 24.5. The smallest absolute Gasteiger partial charge is 0.343 e. The van der Waals surface area contributed by atoms with Crippen LogP contribution in [0.4, 0.5) is 0 Å². The molecule has 0 saturated heterocycles. The molecule has 0 aliphatic heterocycles. The molecule has 0 spiro atoms. The van der Waals surface area contributed by atoms with Gasteiger partial charge in [0, 0.05) is 18.2 Å². The van der Waals surface area contributed by atoms with Crippen LogP contribution in [0.1, 0.15) is 187 Å². The van der Waals surface area contributed by atoms with E-state index in [0.29, 0.717) is 53.8 Å². The highest BCUT2D eigenvalue weighted by Gasteiger charge is 2.17. The molecule has 4 rings (SSSR count). The van der Waals surface area contributed by atoms with Gasteiger partial charge in [0.1, 0.15) is 34.5 Å². The van der Waals surface area contributed by atoms with E-state index in [1.54, 1.807) is 72.8 Å². The third kappa shape index (κ3) is 20.6. The quantitative estimate of drug-likeness (QED) is 0.0263. The predicted molar refractivity (Wildman–Crippen MR) is 251 cm³/mol. The summed E-state index contributed by atoms with van der Waals surface area (Å²) in [6.07, 6.45) is 25.1. The number of rotatable bonds is 33. The molecular formula is C54H72O9. The summed E-state index contributed by atoms with van der Waals surface area (Å²) in [6, 6.07) is 24.5. The highest BCUT2D eigenvalue weighted by atomic mass is 16.6. The molecule has 0 saturated carbocycles. The van der Waals surface area contributed by atoms with Crippen molar-refractivity contribution >= 4 is 17.9 Å². The van der Waals surface area contributed by atoms with E-state index in [4.69, 9.17) is 28.4 Å². The number of ether oxygens (including phenoxy) is 6. The first-order valence-corrected chi connectivity index (χ1v) is 23.9. The number of esters is 3. The SMILES string of the molecule is CCCCCCCCCOc1ccc(C(=O)Oc2cc(OC(=O)c3ccc(OCCCCCCCCC)cc3)cc(OC(=O)c3ccc(OCCCCCCCCC)cc3)c2)cc1. The van der Waals surface area contributed by atoms with Gasteiger partial charge in [0.25, 0.3) is 0 Å². The Hall–Kier alpha value is -5.31. The van der Waals surface area contributed by atoms with E-state index in [2.05, 4.69) is 20.8 Å². The monoisotopic (exact) mass is 865 g/mol. The average Bonchev–Trinajstić information content (AvgIpc) is 3.29. The molecule has 0 unspecified atom stereocenters. The molecule has 342 valence electrons. The lowest BCUT2D eigenvalue weighted by Crippen LogP contribution is -2.12. The minimum atomic E-state index is -0.645. The van der Waals surface area contributed by atoms with Gasteiger partial charge < -0.3 is 28.4 Å². The van der Waals surface area contributed by atoms with Crippen molar-refractivity contribution in [2.24, 2.45) is 0 Å². The van der Waals surface area contributed by atoms with Gasteiger partial charge in [0.2, 0.25) is 0 Å². The van der Waals surface area contributed by atoms with Crippen LogP contribution in [0.3, 0.4) is 0 Å². The fourth-order valence-electron chi connectivity index (χ4n) is 7.03. The van der Waals surface area contributed by atoms with Crippen LogP contribution in [0.15, 0.2) is 91.0 Å². The minimum Gasteiger partial charge on any atom is -0.494 e. The minimum absolute atomic E-state index is 0.0237. The van der Waals surface area contributed by atoms with Gasteiger partial charge in [-0.1, -0.05) is 136 Å². The summed E-state index contributed by atoms with van der Waals surface area (Å²) >= 11 is 0. The lowest BCUT2D eigenvalue weighted by atomic mass is 10.1. The first-order valence-electron chi connectivity index (χ1n) is 23.9. The summed E-state index contributed by atoms with van der Waals surface area (Å²) < 4.78 is 34.9. The molecule has 4 aromatic rings. The van der Waals surface area contributed by atoms with Crippen molar-refractivity contribution in [3.8, 4) is 34.5 Å². The maximum atomic E-state index is 13.3. The summed E-state index contributed by atoms with van der Waals surface area (Å²) in [6.45, 7) is 8.49. The second-order valence-electron chi connectivity index (χ2n) is 16.3. The van der Waals surface area contributed by atoms with E-state index in [-0.39, 0.29) is 17.2 Å². The standard InChI is InChI=1S/C54H72O9/c1-4-7-10-13-16-19-22-37-58-46-31-25-43(26-32-46)52(55)61-49-40-50(62-53(56)44-27-33-47(34-28-44)59-38-23-20-17-14-11-8-5-2)42-51(41-49)63-54(57)45-29-35-48(36-30-45)60-39-24-21-18-15-12-9-6-3/h25-36,40-42H,4-24,37-39H2,1-3H3. The van der Waals surface area contributed by atoms with Gasteiger partial charge in [-0.15, -0.1) is 0 Å². The number of carbonyl (C=O) groups is 3. The van der Waals surface area contributed by atoms with Crippen molar-refractivity contribution < 1.29 is 42.8 Å². The number of unbranched alkanes of at least 4 members (excludes halogenated alkanes) is 18. The fourth-order valence-corrected chi connectivity index (χ4v) is 7.03. The van der Waals surface area contributed by atoms with Crippen LogP contribution in [0.5, 0.6) is 34.5 Å². The molecule has 0 radical (unpaired) electrons. The van der Waals surface area contributed by atoms with Gasteiger partial charge in [0.15, 0.2) is 0 Å². The Morgan fingerprint density at radius 3 is 0.762 bits per heavy atom. The Bertz CT molecular complexity index is 1640. The topological polar surface area (TPSA) is 107 Å². The Balaban J connectivity index is 1.37. The Labute approximate surface area is 377 Å². The number of carbonyl (C=O) groups excluding carboxylic acids is 3. The van der Waals surface area contributed by atoms with Crippen molar-refractivity contribution in [1.82, 2.24) is 0 Å². The third-order valence-electron chi connectivity index (χ3n) is 10.8. The van der Waals surface area contributed by atoms with Crippen molar-refractivity contribution in [2.45, 2.75) is 156 Å². The van der Waals surface area contributed by atoms with Crippen LogP contribution < -0.4 is 28.4 Å². The van der Waals surface area contributed by atoms with Crippen LogP contribution in [0.25, 0.3) is 0 Å². The van der Waals surface area contributed by atoms with E-state index in [9.17, 15) is 14.4 Å². The molecule has 0 aromatic heterocycles. The summed E-state index contributed by atoms with van der Waals surface area (Å²) in [7, 11) is 0. The Morgan fingerprint density at radius 1 is 0.302 bits per heavy atom. The molecule has 9 nitrogen and oxygen atoms in total. The van der Waals surface area contributed by atoms with Gasteiger partial charge in [-0.25, -0.2) is 14.4 Å². The van der Waals surface area contributed by atoms with E-state index < -0.39 is 17.9 Å². The molecule has 0 fully saturated rings. The summed E-state index contributed by atoms with van der Waals surface area (Å²) in [5.74, 6) is 0.140. The molecule has 4 aromatic carbocycles. The van der Waals surface area contributed by atoms with Crippen molar-refractivity contribution in [2.75, 3.05) is 19.8 Å².